The number of carbonyl (C=O) groups is 1. The van der Waals surface area contributed by atoms with Crippen molar-refractivity contribution in [1.29, 1.82) is 0 Å². The smallest absolute Gasteiger partial charge is 0.253 e. The van der Waals surface area contributed by atoms with Crippen LogP contribution in [0.3, 0.4) is 0 Å². The van der Waals surface area contributed by atoms with Crippen LogP contribution >= 0.6 is 11.6 Å². The highest BCUT2D eigenvalue weighted by Crippen LogP contribution is 2.36. The molecule has 1 rings (SSSR count). The van der Waals surface area contributed by atoms with Crippen molar-refractivity contribution in [2.75, 3.05) is 7.11 Å². The lowest BCUT2D eigenvalue weighted by atomic mass is 9.81. The Morgan fingerprint density at radius 2 is 2.22 bits per heavy atom. The molecule has 0 aliphatic heterocycles. The highest BCUT2D eigenvalue weighted by Gasteiger charge is 2.43. The van der Waals surface area contributed by atoms with Crippen LogP contribution in [0.15, 0.2) is 0 Å². The zero-order chi connectivity index (χ0) is 6.91. The predicted molar refractivity (Wildman–Crippen MR) is 34.5 cm³/mol. The molecule has 0 amide bonds. The van der Waals surface area contributed by atoms with E-state index in [1.807, 2.05) is 0 Å². The summed E-state index contributed by atoms with van der Waals surface area (Å²) in [6, 6.07) is 0. The molecule has 0 radical (unpaired) electrons. The van der Waals surface area contributed by atoms with Crippen LogP contribution in [0.1, 0.15) is 19.3 Å². The van der Waals surface area contributed by atoms with E-state index in [9.17, 15) is 4.79 Å². The molecular weight excluding hydrogens is 140 g/mol. The molecule has 52 valence electrons. The Hall–Kier alpha value is -0.0800. The maximum absolute atomic E-state index is 10.6. The Bertz CT molecular complexity index is 124. The van der Waals surface area contributed by atoms with E-state index in [-0.39, 0.29) is 5.24 Å². The van der Waals surface area contributed by atoms with Gasteiger partial charge in [0.05, 0.1) is 0 Å². The number of rotatable bonds is 2. The Labute approximate surface area is 59.1 Å². The summed E-state index contributed by atoms with van der Waals surface area (Å²) in [6.45, 7) is 0. The van der Waals surface area contributed by atoms with Crippen LogP contribution in [0.25, 0.3) is 0 Å². The minimum absolute atomic E-state index is 0.351. The number of methoxy groups -OCH3 is 1. The van der Waals surface area contributed by atoms with Gasteiger partial charge in [-0.05, 0) is 30.9 Å². The van der Waals surface area contributed by atoms with Crippen LogP contribution in [-0.4, -0.2) is 18.0 Å². The summed E-state index contributed by atoms with van der Waals surface area (Å²) in [5.74, 6) is 0. The Balaban J connectivity index is 2.57. The van der Waals surface area contributed by atoms with Crippen LogP contribution < -0.4 is 0 Å². The van der Waals surface area contributed by atoms with Crippen LogP contribution in [0.2, 0.25) is 0 Å². The molecule has 0 aromatic heterocycles. The third kappa shape index (κ3) is 0.970. The molecule has 1 saturated carbocycles. The standard InChI is InChI=1S/C6H9ClO2/c1-9-6(5(7)8)3-2-4-6/h2-4H2,1H3. The quantitative estimate of drug-likeness (QED) is 0.553. The second-order valence-electron chi connectivity index (χ2n) is 2.33. The molecule has 0 aromatic rings. The van der Waals surface area contributed by atoms with E-state index >= 15 is 0 Å². The first-order chi connectivity index (χ1) is 4.21. The summed E-state index contributed by atoms with van der Waals surface area (Å²) in [7, 11) is 1.53. The SMILES string of the molecule is COC1(C(=O)Cl)CCC1. The molecule has 1 fully saturated rings. The molecule has 2 nitrogen and oxygen atoms in total. The van der Waals surface area contributed by atoms with E-state index < -0.39 is 5.60 Å². The third-order valence-electron chi connectivity index (χ3n) is 1.91. The molecule has 0 heterocycles. The molecular formula is C6H9ClO2. The maximum atomic E-state index is 10.6. The largest absolute Gasteiger partial charge is 0.369 e. The molecule has 0 bridgehead atoms. The van der Waals surface area contributed by atoms with Gasteiger partial charge in [-0.3, -0.25) is 4.79 Å². The first kappa shape index (κ1) is 7.03. The molecule has 9 heavy (non-hydrogen) atoms. The van der Waals surface area contributed by atoms with E-state index in [0.29, 0.717) is 0 Å². The van der Waals surface area contributed by atoms with E-state index in [0.717, 1.165) is 19.3 Å². The van der Waals surface area contributed by atoms with Gasteiger partial charge >= 0.3 is 0 Å². The van der Waals surface area contributed by atoms with Crippen LogP contribution in [0.5, 0.6) is 0 Å². The summed E-state index contributed by atoms with van der Waals surface area (Å²) < 4.78 is 4.95. The van der Waals surface area contributed by atoms with Gasteiger partial charge in [0, 0.05) is 7.11 Å². The number of hydrogen-bond donors (Lipinski definition) is 0. The average molecular weight is 149 g/mol. The molecule has 0 unspecified atom stereocenters. The van der Waals surface area contributed by atoms with Crippen LogP contribution in [-0.2, 0) is 9.53 Å². The predicted octanol–water partition coefficient (Wildman–Crippen LogP) is 1.32. The van der Waals surface area contributed by atoms with Crippen molar-refractivity contribution in [3.63, 3.8) is 0 Å². The second-order valence-corrected chi connectivity index (χ2v) is 2.67. The van der Waals surface area contributed by atoms with E-state index in [1.54, 1.807) is 0 Å². The van der Waals surface area contributed by atoms with E-state index in [4.69, 9.17) is 16.3 Å². The van der Waals surface area contributed by atoms with Crippen molar-refractivity contribution in [3.8, 4) is 0 Å². The highest BCUT2D eigenvalue weighted by atomic mass is 35.5. The first-order valence-corrected chi connectivity index (χ1v) is 3.34. The lowest BCUT2D eigenvalue weighted by Gasteiger charge is -2.36. The van der Waals surface area contributed by atoms with Crippen molar-refractivity contribution in [1.82, 2.24) is 0 Å². The lowest BCUT2D eigenvalue weighted by molar-refractivity contribution is -0.142. The van der Waals surface area contributed by atoms with Crippen LogP contribution in [0, 0.1) is 0 Å². The molecule has 3 heteroatoms. The Kier molecular flexibility index (Phi) is 1.78. The van der Waals surface area contributed by atoms with Gasteiger partial charge in [0.25, 0.3) is 5.24 Å². The Morgan fingerprint density at radius 1 is 1.67 bits per heavy atom. The van der Waals surface area contributed by atoms with Crippen LogP contribution in [0.4, 0.5) is 0 Å². The monoisotopic (exact) mass is 148 g/mol. The van der Waals surface area contributed by atoms with Gasteiger partial charge < -0.3 is 4.74 Å². The van der Waals surface area contributed by atoms with Gasteiger partial charge in [0.2, 0.25) is 0 Å². The minimum Gasteiger partial charge on any atom is -0.369 e. The molecule has 0 aromatic carbocycles. The lowest BCUT2D eigenvalue weighted by Crippen LogP contribution is -2.44. The van der Waals surface area contributed by atoms with E-state index in [2.05, 4.69) is 0 Å². The summed E-state index contributed by atoms with van der Waals surface area (Å²) in [5, 5.41) is -0.351. The molecule has 0 saturated heterocycles. The molecule has 0 spiro atoms. The summed E-state index contributed by atoms with van der Waals surface area (Å²) in [4.78, 5) is 10.6. The number of ether oxygens (including phenoxy) is 1. The van der Waals surface area contributed by atoms with Gasteiger partial charge in [-0.25, -0.2) is 0 Å². The summed E-state index contributed by atoms with van der Waals surface area (Å²) in [6.07, 6.45) is 2.62. The summed E-state index contributed by atoms with van der Waals surface area (Å²) in [5.41, 5.74) is -0.610. The third-order valence-corrected chi connectivity index (χ3v) is 2.25. The second kappa shape index (κ2) is 2.27. The normalized spacial score (nSPS) is 22.9. The van der Waals surface area contributed by atoms with Gasteiger partial charge in [0.15, 0.2) is 0 Å². The van der Waals surface area contributed by atoms with Crippen molar-refractivity contribution in [3.05, 3.63) is 0 Å². The van der Waals surface area contributed by atoms with Crippen molar-refractivity contribution in [2.24, 2.45) is 0 Å². The molecule has 1 aliphatic carbocycles. The van der Waals surface area contributed by atoms with Gasteiger partial charge in [0.1, 0.15) is 5.60 Å². The summed E-state index contributed by atoms with van der Waals surface area (Å²) >= 11 is 5.27. The molecule has 0 N–H and O–H groups in total. The first-order valence-electron chi connectivity index (χ1n) is 2.96. The van der Waals surface area contributed by atoms with Gasteiger partial charge in [-0.15, -0.1) is 0 Å². The number of carbonyl (C=O) groups excluding carboxylic acids is 1. The maximum Gasteiger partial charge on any atom is 0.253 e. The Morgan fingerprint density at radius 3 is 2.22 bits per heavy atom. The fourth-order valence-corrected chi connectivity index (χ4v) is 1.24. The van der Waals surface area contributed by atoms with E-state index in [1.165, 1.54) is 7.11 Å². The van der Waals surface area contributed by atoms with Gasteiger partial charge in [-0.1, -0.05) is 0 Å². The minimum atomic E-state index is -0.610. The fourth-order valence-electron chi connectivity index (χ4n) is 0.979. The van der Waals surface area contributed by atoms with Crippen molar-refractivity contribution in [2.45, 2.75) is 24.9 Å². The van der Waals surface area contributed by atoms with Gasteiger partial charge in [-0.2, -0.15) is 0 Å². The highest BCUT2D eigenvalue weighted by molar-refractivity contribution is 6.65. The number of hydrogen-bond acceptors (Lipinski definition) is 2. The fraction of sp³-hybridized carbons (Fsp3) is 0.833. The topological polar surface area (TPSA) is 26.3 Å². The molecule has 0 atom stereocenters. The zero-order valence-corrected chi connectivity index (χ0v) is 6.07. The zero-order valence-electron chi connectivity index (χ0n) is 5.32. The number of halogens is 1. The van der Waals surface area contributed by atoms with Crippen molar-refractivity contribution >= 4 is 16.8 Å². The van der Waals surface area contributed by atoms with Crippen molar-refractivity contribution < 1.29 is 9.53 Å². The molecule has 1 aliphatic rings. The average Bonchev–Trinajstić information content (AvgIpc) is 1.62.